The number of esters is 1. The lowest BCUT2D eigenvalue weighted by Gasteiger charge is -2.23. The van der Waals surface area contributed by atoms with Crippen molar-refractivity contribution >= 4 is 29.5 Å². The molecule has 0 rings (SSSR count). The van der Waals surface area contributed by atoms with Gasteiger partial charge in [-0.15, -0.1) is 0 Å². The highest BCUT2D eigenvalue weighted by molar-refractivity contribution is 7.99. The standard InChI is InChI=1S/C37H69N3O4S/c1-6-9-12-15-17-18-20-23-30-44-35(41)27-32-45-31-26-34(37(43)38-28-29-40(4)5)39-36(42)33(24-21-14-11-8-3)25-22-19-16-13-10-7-2/h33-34H,6-19,21-22,24-32H2,1-5H3,(H,38,43)(H,39,42). The summed E-state index contributed by atoms with van der Waals surface area (Å²) >= 11 is 1.61. The third-order valence-corrected chi connectivity index (χ3v) is 9.03. The number of ether oxygens (including phenoxy) is 1. The Bertz CT molecular complexity index is 796. The monoisotopic (exact) mass is 652 g/mol. The van der Waals surface area contributed by atoms with Crippen molar-refractivity contribution in [1.29, 1.82) is 0 Å². The Morgan fingerprint density at radius 2 is 1.29 bits per heavy atom. The highest BCUT2D eigenvalue weighted by Gasteiger charge is 2.25. The van der Waals surface area contributed by atoms with Gasteiger partial charge >= 0.3 is 5.97 Å². The molecule has 0 saturated heterocycles. The Morgan fingerprint density at radius 1 is 0.711 bits per heavy atom. The minimum atomic E-state index is -0.570. The molecule has 0 heterocycles. The van der Waals surface area contributed by atoms with E-state index < -0.39 is 6.04 Å². The van der Waals surface area contributed by atoms with E-state index in [1.165, 1.54) is 64.2 Å². The summed E-state index contributed by atoms with van der Waals surface area (Å²) in [5, 5.41) is 6.14. The third-order valence-electron chi connectivity index (χ3n) is 8.01. The summed E-state index contributed by atoms with van der Waals surface area (Å²) in [5.74, 6) is 6.93. The molecule has 262 valence electrons. The number of unbranched alkanes of at least 4 members (excludes halogenated alkanes) is 13. The molecule has 45 heavy (non-hydrogen) atoms. The molecule has 0 aromatic rings. The van der Waals surface area contributed by atoms with Gasteiger partial charge in [-0.05, 0) is 45.5 Å². The van der Waals surface area contributed by atoms with E-state index in [2.05, 4.69) is 43.2 Å². The molecule has 2 amide bonds. The molecule has 0 radical (unpaired) electrons. The Hall–Kier alpha value is -1.72. The minimum Gasteiger partial charge on any atom is -0.452 e. The highest BCUT2D eigenvalue weighted by atomic mass is 32.2. The SMILES string of the molecule is CCCCCCCC#CCOC(=O)CCSCCC(NC(=O)C(CCCCCC)CCCCCCCC)C(=O)NCCN(C)C. The van der Waals surface area contributed by atoms with E-state index in [9.17, 15) is 14.4 Å². The van der Waals surface area contributed by atoms with Crippen LogP contribution in [0.15, 0.2) is 0 Å². The van der Waals surface area contributed by atoms with Crippen molar-refractivity contribution in [2.24, 2.45) is 5.92 Å². The van der Waals surface area contributed by atoms with E-state index >= 15 is 0 Å². The number of nitrogens with one attached hydrogen (secondary N) is 2. The first-order chi connectivity index (χ1) is 21.8. The fourth-order valence-electron chi connectivity index (χ4n) is 5.08. The summed E-state index contributed by atoms with van der Waals surface area (Å²) in [6, 6.07) is -0.570. The summed E-state index contributed by atoms with van der Waals surface area (Å²) in [7, 11) is 3.95. The lowest BCUT2D eigenvalue weighted by molar-refractivity contribution is -0.141. The summed E-state index contributed by atoms with van der Waals surface area (Å²) in [6.07, 6.45) is 21.4. The van der Waals surface area contributed by atoms with Gasteiger partial charge in [0.05, 0.1) is 6.42 Å². The molecular formula is C37H69N3O4S. The molecule has 2 N–H and O–H groups in total. The fourth-order valence-corrected chi connectivity index (χ4v) is 6.00. The number of hydrogen-bond acceptors (Lipinski definition) is 6. The lowest BCUT2D eigenvalue weighted by atomic mass is 9.93. The topological polar surface area (TPSA) is 87.7 Å². The van der Waals surface area contributed by atoms with Crippen LogP contribution >= 0.6 is 11.8 Å². The van der Waals surface area contributed by atoms with Gasteiger partial charge in [0, 0.05) is 31.2 Å². The van der Waals surface area contributed by atoms with Gasteiger partial charge in [0.2, 0.25) is 11.8 Å². The second-order valence-electron chi connectivity index (χ2n) is 12.6. The van der Waals surface area contributed by atoms with Crippen LogP contribution in [0.2, 0.25) is 0 Å². The number of carbonyl (C=O) groups excluding carboxylic acids is 3. The van der Waals surface area contributed by atoms with Crippen LogP contribution in [-0.4, -0.2) is 74.0 Å². The molecule has 7 nitrogen and oxygen atoms in total. The zero-order chi connectivity index (χ0) is 33.4. The van der Waals surface area contributed by atoms with Crippen LogP contribution in [0.1, 0.15) is 149 Å². The van der Waals surface area contributed by atoms with Crippen molar-refractivity contribution in [1.82, 2.24) is 15.5 Å². The average molecular weight is 652 g/mol. The maximum absolute atomic E-state index is 13.5. The van der Waals surface area contributed by atoms with Crippen molar-refractivity contribution in [2.45, 2.75) is 155 Å². The predicted molar refractivity (Wildman–Crippen MR) is 192 cm³/mol. The number of rotatable bonds is 30. The predicted octanol–water partition coefficient (Wildman–Crippen LogP) is 7.91. The zero-order valence-electron chi connectivity index (χ0n) is 29.8. The molecule has 8 heteroatoms. The van der Waals surface area contributed by atoms with Gasteiger partial charge in [-0.3, -0.25) is 14.4 Å². The van der Waals surface area contributed by atoms with Gasteiger partial charge in [-0.1, -0.05) is 123 Å². The van der Waals surface area contributed by atoms with Gasteiger partial charge < -0.3 is 20.3 Å². The Balaban J connectivity index is 4.79. The van der Waals surface area contributed by atoms with Crippen LogP contribution in [0.3, 0.4) is 0 Å². The maximum atomic E-state index is 13.5. The van der Waals surface area contributed by atoms with Crippen molar-refractivity contribution in [3.8, 4) is 11.8 Å². The molecule has 0 aliphatic carbocycles. The molecule has 2 atom stereocenters. The van der Waals surface area contributed by atoms with E-state index in [-0.39, 0.29) is 30.3 Å². The Labute approximate surface area is 281 Å². The summed E-state index contributed by atoms with van der Waals surface area (Å²) in [6.45, 7) is 8.07. The highest BCUT2D eigenvalue weighted by Crippen LogP contribution is 2.20. The van der Waals surface area contributed by atoms with Crippen molar-refractivity contribution < 1.29 is 19.1 Å². The molecular weight excluding hydrogens is 582 g/mol. The van der Waals surface area contributed by atoms with E-state index in [4.69, 9.17) is 4.74 Å². The lowest BCUT2D eigenvalue weighted by Crippen LogP contribution is -2.49. The van der Waals surface area contributed by atoms with Crippen LogP contribution in [0.25, 0.3) is 0 Å². The number of carbonyl (C=O) groups is 3. The number of likely N-dealkylation sites (N-methyl/N-ethyl adjacent to an activating group) is 1. The molecule has 0 aromatic carbocycles. The quantitative estimate of drug-likeness (QED) is 0.0466. The number of thioether (sulfide) groups is 1. The van der Waals surface area contributed by atoms with Gasteiger partial charge in [0.25, 0.3) is 0 Å². The van der Waals surface area contributed by atoms with Gasteiger partial charge in [-0.25, -0.2) is 0 Å². The second-order valence-corrected chi connectivity index (χ2v) is 13.8. The summed E-state index contributed by atoms with van der Waals surface area (Å²) < 4.78 is 5.25. The number of amides is 2. The van der Waals surface area contributed by atoms with Crippen LogP contribution in [0.5, 0.6) is 0 Å². The van der Waals surface area contributed by atoms with Crippen LogP contribution < -0.4 is 10.6 Å². The zero-order valence-corrected chi connectivity index (χ0v) is 30.6. The van der Waals surface area contributed by atoms with Gasteiger partial charge in [0.1, 0.15) is 6.04 Å². The Morgan fingerprint density at radius 3 is 1.91 bits per heavy atom. The average Bonchev–Trinajstić information content (AvgIpc) is 3.01. The normalized spacial score (nSPS) is 12.3. The van der Waals surface area contributed by atoms with Crippen molar-refractivity contribution in [3.63, 3.8) is 0 Å². The smallest absolute Gasteiger partial charge is 0.307 e. The van der Waals surface area contributed by atoms with E-state index in [1.807, 2.05) is 19.0 Å². The molecule has 0 aliphatic heterocycles. The first-order valence-corrected chi connectivity index (χ1v) is 19.4. The summed E-state index contributed by atoms with van der Waals surface area (Å²) in [5.41, 5.74) is 0. The molecule has 0 aromatic heterocycles. The molecule has 0 spiro atoms. The van der Waals surface area contributed by atoms with Gasteiger partial charge in [0.15, 0.2) is 6.61 Å². The molecule has 0 saturated carbocycles. The molecule has 0 fully saturated rings. The summed E-state index contributed by atoms with van der Waals surface area (Å²) in [4.78, 5) is 40.8. The third kappa shape index (κ3) is 28.2. The first kappa shape index (κ1) is 43.3. The van der Waals surface area contributed by atoms with Crippen LogP contribution in [0, 0.1) is 17.8 Å². The van der Waals surface area contributed by atoms with Crippen molar-refractivity contribution in [2.75, 3.05) is 45.3 Å². The molecule has 0 bridgehead atoms. The van der Waals surface area contributed by atoms with Gasteiger partial charge in [-0.2, -0.15) is 11.8 Å². The number of hydrogen-bond donors (Lipinski definition) is 2. The molecule has 2 unspecified atom stereocenters. The largest absolute Gasteiger partial charge is 0.452 e. The van der Waals surface area contributed by atoms with E-state index in [0.717, 1.165) is 57.9 Å². The van der Waals surface area contributed by atoms with E-state index in [1.54, 1.807) is 11.8 Å². The van der Waals surface area contributed by atoms with E-state index in [0.29, 0.717) is 30.9 Å². The van der Waals surface area contributed by atoms with Crippen LogP contribution in [-0.2, 0) is 19.1 Å². The fraction of sp³-hybridized carbons (Fsp3) is 0.865. The maximum Gasteiger partial charge on any atom is 0.307 e. The Kier molecular flexibility index (Phi) is 31.0. The minimum absolute atomic E-state index is 0.0171. The number of nitrogens with zero attached hydrogens (tertiary/aromatic N) is 1. The van der Waals surface area contributed by atoms with Crippen molar-refractivity contribution in [3.05, 3.63) is 0 Å². The first-order valence-electron chi connectivity index (χ1n) is 18.3. The van der Waals surface area contributed by atoms with Crippen LogP contribution in [0.4, 0.5) is 0 Å². The molecule has 0 aliphatic rings. The second kappa shape index (κ2) is 32.2.